The van der Waals surface area contributed by atoms with Crippen LogP contribution in [0.5, 0.6) is 0 Å². The fourth-order valence-electron chi connectivity index (χ4n) is 4.50. The number of likely N-dealkylation sites (tertiary alicyclic amines) is 2. The number of nitrogens with zero attached hydrogens (tertiary/aromatic N) is 2. The number of carbonyl (C=O) groups is 2. The first-order valence-corrected chi connectivity index (χ1v) is 10.6. The lowest BCUT2D eigenvalue weighted by molar-refractivity contribution is -0.192. The normalized spacial score (nSPS) is 23.6. The van der Waals surface area contributed by atoms with E-state index in [9.17, 15) is 18.0 Å². The molecule has 0 aromatic carbocycles. The number of halogens is 3. The van der Waals surface area contributed by atoms with E-state index in [0.29, 0.717) is 18.2 Å². The van der Waals surface area contributed by atoms with Gasteiger partial charge in [0, 0.05) is 32.6 Å². The third kappa shape index (κ3) is 6.70. The van der Waals surface area contributed by atoms with Crippen molar-refractivity contribution in [2.45, 2.75) is 56.8 Å². The molecule has 3 saturated heterocycles. The topological polar surface area (TPSA) is 83.2 Å². The molecule has 0 radical (unpaired) electrons. The SMILES string of the molecule is O=C(CC1COC2(CCN(Cc3ccco3)CC2)C1)N1CCCC1.O=C(O)C(F)(F)F. The summed E-state index contributed by atoms with van der Waals surface area (Å²) in [6, 6.07) is 3.99. The van der Waals surface area contributed by atoms with Gasteiger partial charge in [-0.2, -0.15) is 13.2 Å². The van der Waals surface area contributed by atoms with Gasteiger partial charge in [-0.3, -0.25) is 9.69 Å². The van der Waals surface area contributed by atoms with Crippen LogP contribution in [0.3, 0.4) is 0 Å². The first kappa shape index (κ1) is 23.6. The van der Waals surface area contributed by atoms with Crippen LogP contribution < -0.4 is 0 Å². The zero-order valence-corrected chi connectivity index (χ0v) is 17.4. The molecule has 3 fully saturated rings. The molecular weight excluding hydrogens is 417 g/mol. The average molecular weight is 446 g/mol. The van der Waals surface area contributed by atoms with Crippen molar-refractivity contribution >= 4 is 11.9 Å². The van der Waals surface area contributed by atoms with E-state index in [1.165, 1.54) is 12.8 Å². The number of hydrogen-bond acceptors (Lipinski definition) is 5. The highest BCUT2D eigenvalue weighted by Gasteiger charge is 2.43. The second-order valence-electron chi connectivity index (χ2n) is 8.51. The largest absolute Gasteiger partial charge is 0.490 e. The minimum atomic E-state index is -5.08. The lowest BCUT2D eigenvalue weighted by Crippen LogP contribution is -2.43. The molecule has 4 heterocycles. The number of ether oxygens (including phenoxy) is 1. The van der Waals surface area contributed by atoms with Gasteiger partial charge in [0.25, 0.3) is 0 Å². The van der Waals surface area contributed by atoms with Crippen molar-refractivity contribution in [1.29, 1.82) is 0 Å². The van der Waals surface area contributed by atoms with Crippen molar-refractivity contribution in [1.82, 2.24) is 9.80 Å². The van der Waals surface area contributed by atoms with E-state index in [-0.39, 0.29) is 5.60 Å². The fourth-order valence-corrected chi connectivity index (χ4v) is 4.50. The molecule has 174 valence electrons. The summed E-state index contributed by atoms with van der Waals surface area (Å²) in [5.74, 6) is -0.969. The number of carboxylic acids is 1. The first-order valence-electron chi connectivity index (χ1n) is 10.6. The van der Waals surface area contributed by atoms with E-state index in [1.54, 1.807) is 6.26 Å². The number of aliphatic carboxylic acids is 1. The predicted molar refractivity (Wildman–Crippen MR) is 104 cm³/mol. The number of carboxylic acid groups (broad SMARTS) is 1. The van der Waals surface area contributed by atoms with Gasteiger partial charge >= 0.3 is 12.1 Å². The summed E-state index contributed by atoms with van der Waals surface area (Å²) >= 11 is 0. The number of rotatable bonds is 4. The highest BCUT2D eigenvalue weighted by atomic mass is 19.4. The molecule has 3 aliphatic rings. The Morgan fingerprint density at radius 1 is 1.16 bits per heavy atom. The van der Waals surface area contributed by atoms with Gasteiger partial charge in [0.2, 0.25) is 5.91 Å². The minimum Gasteiger partial charge on any atom is -0.475 e. The molecular formula is C21H29F3N2O5. The van der Waals surface area contributed by atoms with Crippen molar-refractivity contribution in [3.8, 4) is 0 Å². The Morgan fingerprint density at radius 3 is 2.35 bits per heavy atom. The summed E-state index contributed by atoms with van der Waals surface area (Å²) in [4.78, 5) is 25.7. The van der Waals surface area contributed by atoms with Crippen molar-refractivity contribution in [2.75, 3.05) is 32.8 Å². The molecule has 7 nitrogen and oxygen atoms in total. The molecule has 1 amide bonds. The third-order valence-corrected chi connectivity index (χ3v) is 6.18. The second kappa shape index (κ2) is 10.0. The molecule has 1 unspecified atom stereocenters. The maximum absolute atomic E-state index is 12.4. The number of hydrogen-bond donors (Lipinski definition) is 1. The first-order chi connectivity index (χ1) is 14.7. The fraction of sp³-hybridized carbons (Fsp3) is 0.714. The van der Waals surface area contributed by atoms with Crippen LogP contribution in [0.2, 0.25) is 0 Å². The third-order valence-electron chi connectivity index (χ3n) is 6.18. The zero-order valence-electron chi connectivity index (χ0n) is 17.4. The Balaban J connectivity index is 0.000000339. The van der Waals surface area contributed by atoms with Gasteiger partial charge in [-0.1, -0.05) is 0 Å². The molecule has 1 aromatic heterocycles. The zero-order chi connectivity index (χ0) is 22.5. The quantitative estimate of drug-likeness (QED) is 0.764. The van der Waals surface area contributed by atoms with Crippen LogP contribution in [0.4, 0.5) is 13.2 Å². The van der Waals surface area contributed by atoms with Gasteiger partial charge in [0.15, 0.2) is 0 Å². The Labute approximate surface area is 179 Å². The number of piperidine rings is 1. The predicted octanol–water partition coefficient (Wildman–Crippen LogP) is 3.30. The highest BCUT2D eigenvalue weighted by Crippen LogP contribution is 2.40. The van der Waals surface area contributed by atoms with E-state index in [4.69, 9.17) is 19.1 Å². The summed E-state index contributed by atoms with van der Waals surface area (Å²) < 4.78 is 43.4. The van der Waals surface area contributed by atoms with Crippen LogP contribution >= 0.6 is 0 Å². The highest BCUT2D eigenvalue weighted by molar-refractivity contribution is 5.76. The molecule has 31 heavy (non-hydrogen) atoms. The number of carbonyl (C=O) groups excluding carboxylic acids is 1. The summed E-state index contributed by atoms with van der Waals surface area (Å²) in [7, 11) is 0. The molecule has 4 rings (SSSR count). The van der Waals surface area contributed by atoms with Crippen molar-refractivity contribution in [3.05, 3.63) is 24.2 Å². The van der Waals surface area contributed by atoms with Crippen LogP contribution in [0.25, 0.3) is 0 Å². The van der Waals surface area contributed by atoms with Crippen LogP contribution in [-0.4, -0.2) is 71.3 Å². The minimum absolute atomic E-state index is 0.0234. The van der Waals surface area contributed by atoms with Gasteiger partial charge < -0.3 is 19.2 Å². The number of furan rings is 1. The van der Waals surface area contributed by atoms with E-state index in [0.717, 1.165) is 64.4 Å². The molecule has 10 heteroatoms. The lowest BCUT2D eigenvalue weighted by Gasteiger charge is -2.38. The second-order valence-corrected chi connectivity index (χ2v) is 8.51. The standard InChI is InChI=1S/C19H28N2O3.C2HF3O2/c22-18(21-7-1-2-8-21)12-16-13-19(24-15-16)5-9-20(10-6-19)14-17-4-3-11-23-17;3-2(4,5)1(6)7/h3-4,11,16H,1-2,5-10,12-15H2;(H,6,7). The smallest absolute Gasteiger partial charge is 0.475 e. The molecule has 1 spiro atoms. The lowest BCUT2D eigenvalue weighted by atomic mass is 9.84. The summed E-state index contributed by atoms with van der Waals surface area (Å²) in [6.45, 7) is 5.66. The maximum atomic E-state index is 12.4. The molecule has 1 N–H and O–H groups in total. The molecule has 1 atom stereocenters. The van der Waals surface area contributed by atoms with Crippen LogP contribution in [0.15, 0.2) is 22.8 Å². The van der Waals surface area contributed by atoms with E-state index < -0.39 is 12.1 Å². The Hall–Kier alpha value is -2.07. The number of alkyl halides is 3. The average Bonchev–Trinajstić information content (AvgIpc) is 3.47. The Kier molecular flexibility index (Phi) is 7.64. The van der Waals surface area contributed by atoms with Crippen LogP contribution in [0.1, 0.15) is 44.3 Å². The monoisotopic (exact) mass is 446 g/mol. The van der Waals surface area contributed by atoms with Crippen LogP contribution in [-0.2, 0) is 20.9 Å². The Morgan fingerprint density at radius 2 is 1.81 bits per heavy atom. The van der Waals surface area contributed by atoms with Crippen molar-refractivity contribution in [2.24, 2.45) is 5.92 Å². The molecule has 3 aliphatic heterocycles. The summed E-state index contributed by atoms with van der Waals surface area (Å²) in [5.41, 5.74) is 0.0234. The molecule has 0 saturated carbocycles. The van der Waals surface area contributed by atoms with E-state index >= 15 is 0 Å². The molecule has 0 aliphatic carbocycles. The van der Waals surface area contributed by atoms with Gasteiger partial charge in [-0.25, -0.2) is 4.79 Å². The van der Waals surface area contributed by atoms with Gasteiger partial charge in [-0.15, -0.1) is 0 Å². The molecule has 0 bridgehead atoms. The van der Waals surface area contributed by atoms with Gasteiger partial charge in [0.05, 0.1) is 25.0 Å². The number of amides is 1. The summed E-state index contributed by atoms with van der Waals surface area (Å²) in [5, 5.41) is 7.12. The Bertz CT molecular complexity index is 724. The van der Waals surface area contributed by atoms with Crippen molar-refractivity contribution < 1.29 is 37.0 Å². The van der Waals surface area contributed by atoms with Gasteiger partial charge in [0.1, 0.15) is 5.76 Å². The van der Waals surface area contributed by atoms with Crippen LogP contribution in [0, 0.1) is 5.92 Å². The van der Waals surface area contributed by atoms with Crippen molar-refractivity contribution in [3.63, 3.8) is 0 Å². The maximum Gasteiger partial charge on any atom is 0.490 e. The summed E-state index contributed by atoms with van der Waals surface area (Å²) in [6.07, 6.45) is 2.87. The van der Waals surface area contributed by atoms with Gasteiger partial charge in [-0.05, 0) is 50.2 Å². The van der Waals surface area contributed by atoms with E-state index in [1.807, 2.05) is 17.0 Å². The molecule has 1 aromatic rings. The van der Waals surface area contributed by atoms with E-state index in [2.05, 4.69) is 4.90 Å².